The summed E-state index contributed by atoms with van der Waals surface area (Å²) in [5.74, 6) is -1.56. The molecule has 0 radical (unpaired) electrons. The van der Waals surface area contributed by atoms with Crippen molar-refractivity contribution in [3.8, 4) is 5.75 Å². The van der Waals surface area contributed by atoms with E-state index in [4.69, 9.17) is 4.74 Å². The Hall–Kier alpha value is -3.41. The Kier molecular flexibility index (Phi) is 5.82. The van der Waals surface area contributed by atoms with Crippen LogP contribution in [0.5, 0.6) is 5.75 Å². The third-order valence-electron chi connectivity index (χ3n) is 4.80. The van der Waals surface area contributed by atoms with Gasteiger partial charge in [-0.3, -0.25) is 9.59 Å². The van der Waals surface area contributed by atoms with E-state index in [1.807, 2.05) is 13.8 Å². The van der Waals surface area contributed by atoms with Gasteiger partial charge in [-0.15, -0.1) is 6.58 Å². The summed E-state index contributed by atoms with van der Waals surface area (Å²) in [6.07, 6.45) is 1.50. The smallest absolute Gasteiger partial charge is 0.295 e. The quantitative estimate of drug-likeness (QED) is 0.346. The normalized spacial score (nSPS) is 18.2. The van der Waals surface area contributed by atoms with Gasteiger partial charge in [-0.2, -0.15) is 0 Å². The van der Waals surface area contributed by atoms with Crippen LogP contribution in [0.25, 0.3) is 5.76 Å². The summed E-state index contributed by atoms with van der Waals surface area (Å²) < 4.78 is 18.9. The van der Waals surface area contributed by atoms with E-state index in [1.54, 1.807) is 18.2 Å². The van der Waals surface area contributed by atoms with E-state index in [9.17, 15) is 19.1 Å². The first-order valence-electron chi connectivity index (χ1n) is 9.27. The Labute approximate surface area is 168 Å². The number of halogens is 1. The van der Waals surface area contributed by atoms with Gasteiger partial charge in [0.15, 0.2) is 0 Å². The monoisotopic (exact) mass is 395 g/mol. The molecule has 1 aliphatic rings. The average Bonchev–Trinajstić information content (AvgIpc) is 2.95. The zero-order valence-electron chi connectivity index (χ0n) is 16.3. The van der Waals surface area contributed by atoms with Gasteiger partial charge in [-0.1, -0.05) is 18.2 Å². The Morgan fingerprint density at radius 3 is 2.52 bits per heavy atom. The highest BCUT2D eigenvalue weighted by molar-refractivity contribution is 6.46. The zero-order chi connectivity index (χ0) is 21.1. The third-order valence-corrected chi connectivity index (χ3v) is 4.80. The summed E-state index contributed by atoms with van der Waals surface area (Å²) in [5.41, 5.74) is 1.67. The standard InChI is InChI=1S/C23H22FNO4/c1-4-12-25-20(15-6-9-17(24)10-7-15)19(22(27)23(25)28)21(26)16-8-11-18(29-5-2)14(3)13-16/h4,6-11,13,20,26H,1,5,12H2,2-3H3/t20-/m0/s1. The Morgan fingerprint density at radius 1 is 1.24 bits per heavy atom. The van der Waals surface area contributed by atoms with Crippen molar-refractivity contribution >= 4 is 17.4 Å². The predicted octanol–water partition coefficient (Wildman–Crippen LogP) is 4.14. The van der Waals surface area contributed by atoms with Gasteiger partial charge in [0.2, 0.25) is 0 Å². The van der Waals surface area contributed by atoms with Gasteiger partial charge in [0.25, 0.3) is 11.7 Å². The maximum absolute atomic E-state index is 13.4. The molecule has 0 aromatic heterocycles. The van der Waals surface area contributed by atoms with Crippen molar-refractivity contribution in [2.75, 3.05) is 13.2 Å². The topological polar surface area (TPSA) is 66.8 Å². The summed E-state index contributed by atoms with van der Waals surface area (Å²) in [6.45, 7) is 7.96. The number of Topliss-reactive ketones (excluding diaryl/α,β-unsaturated/α-hetero) is 1. The zero-order valence-corrected chi connectivity index (χ0v) is 16.3. The number of ketones is 1. The van der Waals surface area contributed by atoms with E-state index in [2.05, 4.69) is 6.58 Å². The summed E-state index contributed by atoms with van der Waals surface area (Å²) >= 11 is 0. The summed E-state index contributed by atoms with van der Waals surface area (Å²) in [5, 5.41) is 11.0. The second-order valence-corrected chi connectivity index (χ2v) is 6.70. The number of aliphatic hydroxyl groups excluding tert-OH is 1. The van der Waals surface area contributed by atoms with Crippen molar-refractivity contribution in [1.82, 2.24) is 4.90 Å². The molecule has 0 spiro atoms. The minimum absolute atomic E-state index is 0.0352. The molecule has 1 saturated heterocycles. The van der Waals surface area contributed by atoms with Crippen molar-refractivity contribution in [2.24, 2.45) is 0 Å². The minimum atomic E-state index is -0.833. The van der Waals surface area contributed by atoms with Crippen LogP contribution in [0.3, 0.4) is 0 Å². The lowest BCUT2D eigenvalue weighted by atomic mass is 9.94. The number of hydrogen-bond acceptors (Lipinski definition) is 4. The molecule has 1 atom stereocenters. The molecule has 0 aliphatic carbocycles. The van der Waals surface area contributed by atoms with Crippen LogP contribution in [0.15, 0.2) is 60.7 Å². The molecule has 2 aromatic carbocycles. The number of ether oxygens (including phenoxy) is 1. The van der Waals surface area contributed by atoms with Gasteiger partial charge in [0.1, 0.15) is 17.3 Å². The van der Waals surface area contributed by atoms with Crippen LogP contribution in [0.1, 0.15) is 29.7 Å². The van der Waals surface area contributed by atoms with E-state index in [-0.39, 0.29) is 17.9 Å². The number of rotatable bonds is 6. The van der Waals surface area contributed by atoms with Gasteiger partial charge in [-0.05, 0) is 55.3 Å². The van der Waals surface area contributed by atoms with Crippen molar-refractivity contribution in [3.63, 3.8) is 0 Å². The third kappa shape index (κ3) is 3.78. The first-order valence-corrected chi connectivity index (χ1v) is 9.27. The van der Waals surface area contributed by atoms with E-state index >= 15 is 0 Å². The number of carbonyl (C=O) groups excluding carboxylic acids is 2. The van der Waals surface area contributed by atoms with Crippen LogP contribution in [-0.4, -0.2) is 34.8 Å². The second-order valence-electron chi connectivity index (χ2n) is 6.70. The number of hydrogen-bond donors (Lipinski definition) is 1. The van der Waals surface area contributed by atoms with Gasteiger partial charge < -0.3 is 14.7 Å². The molecule has 1 aliphatic heterocycles. The van der Waals surface area contributed by atoms with Crippen LogP contribution in [-0.2, 0) is 9.59 Å². The summed E-state index contributed by atoms with van der Waals surface area (Å²) in [6, 6.07) is 9.71. The van der Waals surface area contributed by atoms with Crippen LogP contribution < -0.4 is 4.74 Å². The molecule has 2 aromatic rings. The molecule has 150 valence electrons. The fourth-order valence-corrected chi connectivity index (χ4v) is 3.47. The van der Waals surface area contributed by atoms with Crippen molar-refractivity contribution in [1.29, 1.82) is 0 Å². The van der Waals surface area contributed by atoms with Crippen molar-refractivity contribution < 1.29 is 23.8 Å². The molecule has 29 heavy (non-hydrogen) atoms. The second kappa shape index (κ2) is 8.31. The lowest BCUT2D eigenvalue weighted by Crippen LogP contribution is -2.29. The van der Waals surface area contributed by atoms with Crippen LogP contribution in [0.2, 0.25) is 0 Å². The Balaban J connectivity index is 2.15. The molecule has 1 N–H and O–H groups in total. The maximum atomic E-state index is 13.4. The van der Waals surface area contributed by atoms with E-state index in [1.165, 1.54) is 35.2 Å². The lowest BCUT2D eigenvalue weighted by Gasteiger charge is -2.24. The fourth-order valence-electron chi connectivity index (χ4n) is 3.47. The number of carbonyl (C=O) groups is 2. The highest BCUT2D eigenvalue weighted by Gasteiger charge is 2.45. The molecule has 1 fully saturated rings. The van der Waals surface area contributed by atoms with Crippen molar-refractivity contribution in [3.05, 3.63) is 83.2 Å². The number of benzene rings is 2. The van der Waals surface area contributed by atoms with Crippen LogP contribution in [0, 0.1) is 12.7 Å². The molecular weight excluding hydrogens is 373 g/mol. The van der Waals surface area contributed by atoms with E-state index in [0.717, 1.165) is 5.56 Å². The van der Waals surface area contributed by atoms with Gasteiger partial charge in [0, 0.05) is 12.1 Å². The number of aliphatic hydroxyl groups is 1. The number of amides is 1. The highest BCUT2D eigenvalue weighted by atomic mass is 19.1. The van der Waals surface area contributed by atoms with Crippen LogP contribution >= 0.6 is 0 Å². The predicted molar refractivity (Wildman–Crippen MR) is 108 cm³/mol. The Bertz CT molecular complexity index is 994. The first-order chi connectivity index (χ1) is 13.9. The lowest BCUT2D eigenvalue weighted by molar-refractivity contribution is -0.139. The SMILES string of the molecule is C=CCN1C(=O)C(=O)C(=C(O)c2ccc(OCC)c(C)c2)[C@@H]1c1ccc(F)cc1. The molecular formula is C23H22FNO4. The fraction of sp³-hybridized carbons (Fsp3) is 0.217. The summed E-state index contributed by atoms with van der Waals surface area (Å²) in [4.78, 5) is 26.7. The Morgan fingerprint density at radius 2 is 1.93 bits per heavy atom. The van der Waals surface area contributed by atoms with Crippen LogP contribution in [0.4, 0.5) is 4.39 Å². The van der Waals surface area contributed by atoms with Gasteiger partial charge >= 0.3 is 0 Å². The van der Waals surface area contributed by atoms with E-state index in [0.29, 0.717) is 23.5 Å². The maximum Gasteiger partial charge on any atom is 0.295 e. The molecule has 0 bridgehead atoms. The van der Waals surface area contributed by atoms with Gasteiger partial charge in [0.05, 0.1) is 18.2 Å². The number of nitrogens with zero attached hydrogens (tertiary/aromatic N) is 1. The first kappa shape index (κ1) is 20.3. The van der Waals surface area contributed by atoms with E-state index < -0.39 is 23.5 Å². The van der Waals surface area contributed by atoms with Gasteiger partial charge in [-0.25, -0.2) is 4.39 Å². The molecule has 3 rings (SSSR count). The summed E-state index contributed by atoms with van der Waals surface area (Å²) in [7, 11) is 0. The number of likely N-dealkylation sites (tertiary alicyclic amines) is 1. The molecule has 1 heterocycles. The number of aryl methyl sites for hydroxylation is 1. The molecule has 0 unspecified atom stereocenters. The highest BCUT2D eigenvalue weighted by Crippen LogP contribution is 2.39. The average molecular weight is 395 g/mol. The largest absolute Gasteiger partial charge is 0.507 e. The molecule has 6 heteroatoms. The molecule has 1 amide bonds. The minimum Gasteiger partial charge on any atom is -0.507 e. The van der Waals surface area contributed by atoms with Crippen molar-refractivity contribution in [2.45, 2.75) is 19.9 Å². The molecule has 5 nitrogen and oxygen atoms in total. The molecule has 0 saturated carbocycles.